The third-order valence-corrected chi connectivity index (χ3v) is 33.7. The minimum Gasteiger partial charge on any atom is -0.455 e. The quantitative estimate of drug-likeness (QED) is 0.0829. The van der Waals surface area contributed by atoms with E-state index in [2.05, 4.69) is 462 Å². The third-order valence-electron chi connectivity index (χ3n) is 24.3. The first kappa shape index (κ1) is 67.8. The van der Waals surface area contributed by atoms with Crippen LogP contribution in [0.3, 0.4) is 0 Å². The summed E-state index contributed by atoms with van der Waals surface area (Å²) in [5, 5.41) is 12.2. The normalized spacial score (nSPS) is 13.3. The zero-order valence-electron chi connectivity index (χ0n) is 63.6. The number of hydrogen-bond donors (Lipinski definition) is 0. The second kappa shape index (κ2) is 27.5. The lowest BCUT2D eigenvalue weighted by Crippen LogP contribution is -2.75. The third kappa shape index (κ3) is 10.3. The summed E-state index contributed by atoms with van der Waals surface area (Å²) >= 11 is 0. The maximum Gasteiger partial charge on any atom is 0.519 e. The van der Waals surface area contributed by atoms with Gasteiger partial charge in [-0.05, 0) is 182 Å². The van der Waals surface area contributed by atoms with Gasteiger partial charge in [0.2, 0.25) is 13.9 Å². The van der Waals surface area contributed by atoms with Gasteiger partial charge in [0.15, 0.2) is 13.7 Å². The molecular formula is C102H72B2N10OSi2. The lowest BCUT2D eigenvalue weighted by Gasteiger charge is -2.36. The van der Waals surface area contributed by atoms with Gasteiger partial charge >= 0.3 is 14.2 Å². The molecule has 11 nitrogen and oxygen atoms in total. The van der Waals surface area contributed by atoms with Crippen molar-refractivity contribution in [1.29, 1.82) is 0 Å². The minimum absolute atomic E-state index is 0.153. The zero-order valence-corrected chi connectivity index (χ0v) is 65.6. The Kier molecular flexibility index (Phi) is 15.9. The van der Waals surface area contributed by atoms with Gasteiger partial charge in [0.05, 0.1) is 72.9 Å². The molecule has 0 radical (unpaired) electrons. The minimum atomic E-state index is -3.14. The van der Waals surface area contributed by atoms with Crippen LogP contribution >= 0.6 is 0 Å². The first-order valence-corrected chi connectivity index (χ1v) is 44.0. The van der Waals surface area contributed by atoms with E-state index in [1.807, 2.05) is 12.3 Å². The first-order chi connectivity index (χ1) is 58.1. The van der Waals surface area contributed by atoms with Crippen LogP contribution in [-0.2, 0) is 0 Å². The second-order valence-corrected chi connectivity index (χ2v) is 37.9. The van der Waals surface area contributed by atoms with Crippen LogP contribution in [-0.4, -0.2) is 49.3 Å². The number of anilines is 12. The molecule has 0 atom stereocenters. The molecule has 20 aromatic rings. The zero-order chi connectivity index (χ0) is 77.1. The van der Waals surface area contributed by atoms with Crippen molar-refractivity contribution in [3.05, 3.63) is 437 Å². The highest BCUT2D eigenvalue weighted by Crippen LogP contribution is 2.58. The molecule has 0 aliphatic carbocycles. The number of para-hydroxylation sites is 15. The molecule has 0 amide bonds. The highest BCUT2D eigenvalue weighted by Gasteiger charge is 2.56. The van der Waals surface area contributed by atoms with Crippen LogP contribution in [0.25, 0.3) is 55.5 Å². The maximum absolute atomic E-state index is 6.83. The molecule has 0 unspecified atom stereocenters. The van der Waals surface area contributed by atoms with E-state index < -0.39 is 16.1 Å². The van der Waals surface area contributed by atoms with E-state index in [1.54, 1.807) is 0 Å². The van der Waals surface area contributed by atoms with Gasteiger partial charge in [-0.25, -0.2) is 4.98 Å². The van der Waals surface area contributed by atoms with Crippen LogP contribution in [0.4, 0.5) is 68.2 Å². The average molecular weight is 1530 g/mol. The topological polar surface area (TPSA) is 67.7 Å². The SMILES string of the molecule is c1ccc(N2B3N(c4cccc([Si](c5ccccc5)(c5ccccc5)c5cccc(-n6c7ccccc7n7c8ccccc8nc67)c5)c4)c4ccccc4N3c3ccccc32)cc1.c1ccc(N2B3N(c4cccc([Si](c5ccccc5)(c5ccccc5)c5nccc6c5oc5ccccc56)c4)c4ccccc4N3c3ccccc32)cc1. The summed E-state index contributed by atoms with van der Waals surface area (Å²) in [5.41, 5.74) is 21.2. The lowest BCUT2D eigenvalue weighted by molar-refractivity contribution is 0.670. The fourth-order valence-corrected chi connectivity index (χ4v) is 29.1. The standard InChI is InChI=1S/C55H39BN6Si.C47H33BN4OSi/c1-4-20-40(21-5-1)60-51-34-14-16-36-53(51)62-54-37-17-15-35-52(54)61(56(60)62)42-23-19-29-46(39-42)63(43-24-6-2-7-25-43,44-26-8-3-9-27-44)45-28-18-22-41(38-45)58-49-32-12-13-33-50(49)59-48-31-11-10-30-47(48)57-55(58)59;1-4-17-34(18-5-1)50-41-26-11-13-28-43(41)52-44-29-14-12-27-42(44)51(48(50)52)35-19-16-24-38(33-35)54(36-20-6-2-7-21-36,37-22-8-3-9-23-37)47-46-40(31-32-49-47)39-25-10-15-30-45(39)53-46/h1-39H;1-33H. The summed E-state index contributed by atoms with van der Waals surface area (Å²) in [6, 6.07) is 157. The van der Waals surface area contributed by atoms with Gasteiger partial charge in [-0.1, -0.05) is 285 Å². The summed E-state index contributed by atoms with van der Waals surface area (Å²) in [7, 11) is -6.50. The number of rotatable bonds is 13. The van der Waals surface area contributed by atoms with Crippen LogP contribution in [0, 0.1) is 0 Å². The first-order valence-electron chi connectivity index (χ1n) is 40.0. The second-order valence-electron chi connectivity index (χ2n) is 30.3. The fraction of sp³-hybridized carbons (Fsp3) is 0. The van der Waals surface area contributed by atoms with Crippen LogP contribution in [0.5, 0.6) is 0 Å². The molecular weight excluding hydrogens is 1460 g/mol. The van der Waals surface area contributed by atoms with E-state index >= 15 is 0 Å². The van der Waals surface area contributed by atoms with Gasteiger partial charge in [0.25, 0.3) is 0 Å². The van der Waals surface area contributed by atoms with Crippen molar-refractivity contribution < 1.29 is 4.42 Å². The Labute approximate surface area is 680 Å². The molecule has 0 spiro atoms. The van der Waals surface area contributed by atoms with Crippen molar-refractivity contribution in [2.45, 2.75) is 0 Å². The maximum atomic E-state index is 6.83. The predicted molar refractivity (Wildman–Crippen MR) is 491 cm³/mol. The van der Waals surface area contributed by atoms with Gasteiger partial charge in [-0.2, -0.15) is 0 Å². The number of nitrogens with zero attached hydrogens (tertiary/aromatic N) is 10. The highest BCUT2D eigenvalue weighted by atomic mass is 28.3. The number of aromatic nitrogens is 4. The molecule has 0 fully saturated rings. The van der Waals surface area contributed by atoms with E-state index in [-0.39, 0.29) is 14.2 Å². The molecule has 8 heterocycles. The Balaban J connectivity index is 0.000000139. The van der Waals surface area contributed by atoms with E-state index in [1.165, 1.54) is 81.8 Å². The molecule has 4 aromatic heterocycles. The molecule has 24 rings (SSSR count). The summed E-state index contributed by atoms with van der Waals surface area (Å²) in [6.07, 6.45) is 1.97. The van der Waals surface area contributed by atoms with E-state index in [0.29, 0.717) is 0 Å². The van der Waals surface area contributed by atoms with Crippen molar-refractivity contribution in [2.75, 3.05) is 28.9 Å². The predicted octanol–water partition coefficient (Wildman–Crippen LogP) is 19.0. The van der Waals surface area contributed by atoms with Crippen molar-refractivity contribution >= 4 is 190 Å². The molecule has 4 aliphatic rings. The Morgan fingerprint density at radius 2 is 0.581 bits per heavy atom. The molecule has 4 aliphatic heterocycles. The van der Waals surface area contributed by atoms with Gasteiger partial charge in [-0.3, -0.25) is 14.0 Å². The van der Waals surface area contributed by atoms with Crippen molar-refractivity contribution in [3.8, 4) is 5.69 Å². The summed E-state index contributed by atoms with van der Waals surface area (Å²) in [5.74, 6) is 0.904. The van der Waals surface area contributed by atoms with Crippen LogP contribution in [0.2, 0.25) is 0 Å². The van der Waals surface area contributed by atoms with E-state index in [4.69, 9.17) is 14.4 Å². The van der Waals surface area contributed by atoms with E-state index in [9.17, 15) is 0 Å². The number of furan rings is 1. The molecule has 0 saturated carbocycles. The number of benzene rings is 16. The molecule has 0 bridgehead atoms. The van der Waals surface area contributed by atoms with Gasteiger partial charge in [0, 0.05) is 45.4 Å². The van der Waals surface area contributed by atoms with Crippen molar-refractivity contribution in [2.24, 2.45) is 0 Å². The van der Waals surface area contributed by atoms with E-state index in [0.717, 1.165) is 83.5 Å². The largest absolute Gasteiger partial charge is 0.519 e. The smallest absolute Gasteiger partial charge is 0.455 e. The summed E-state index contributed by atoms with van der Waals surface area (Å²) in [6.45, 7) is 0. The Bertz CT molecular complexity index is 7090. The molecule has 16 aromatic carbocycles. The van der Waals surface area contributed by atoms with Crippen LogP contribution < -0.4 is 70.5 Å². The molecule has 0 N–H and O–H groups in total. The molecule has 0 saturated heterocycles. The van der Waals surface area contributed by atoms with Gasteiger partial charge in [-0.15, -0.1) is 0 Å². The Hall–Kier alpha value is -14.9. The van der Waals surface area contributed by atoms with Gasteiger partial charge in [0.1, 0.15) is 5.58 Å². The lowest BCUT2D eigenvalue weighted by atomic mass is 9.86. The number of pyridine rings is 1. The summed E-state index contributed by atoms with van der Waals surface area (Å²) in [4.78, 5) is 25.6. The summed E-state index contributed by atoms with van der Waals surface area (Å²) < 4.78 is 11.5. The van der Waals surface area contributed by atoms with Crippen molar-refractivity contribution in [1.82, 2.24) is 18.9 Å². The highest BCUT2D eigenvalue weighted by molar-refractivity contribution is 7.21. The number of hydrogen-bond acceptors (Lipinski definition) is 9. The molecule has 15 heteroatoms. The van der Waals surface area contributed by atoms with Crippen LogP contribution in [0.15, 0.2) is 441 Å². The van der Waals surface area contributed by atoms with Crippen LogP contribution in [0.1, 0.15) is 0 Å². The monoisotopic (exact) mass is 1530 g/mol. The Morgan fingerprint density at radius 1 is 0.248 bits per heavy atom. The number of fused-ring (bicyclic) bond motifs is 18. The van der Waals surface area contributed by atoms with Crippen molar-refractivity contribution in [3.63, 3.8) is 0 Å². The Morgan fingerprint density at radius 3 is 1.05 bits per heavy atom. The molecule has 550 valence electrons. The number of imidazole rings is 2. The van der Waals surface area contributed by atoms with Gasteiger partial charge < -0.3 is 33.3 Å². The fourth-order valence-electron chi connectivity index (χ4n) is 19.5. The molecule has 117 heavy (non-hydrogen) atoms. The average Bonchev–Trinajstić information content (AvgIpc) is 1.63.